The van der Waals surface area contributed by atoms with E-state index in [0.29, 0.717) is 12.5 Å². The standard InChI is InChI=1S/C16H15NO2/c18-15(12-7-3-1-4-8-12)14-11-19-16(17-14)13-9-5-2-6-10-13/h1-10,14-15,18H,11H2/t14-,15+/m1/s1. The van der Waals surface area contributed by atoms with E-state index in [4.69, 9.17) is 4.74 Å². The Morgan fingerprint density at radius 2 is 1.63 bits per heavy atom. The molecule has 3 heteroatoms. The van der Waals surface area contributed by atoms with Crippen LogP contribution in [0.1, 0.15) is 17.2 Å². The van der Waals surface area contributed by atoms with E-state index in [9.17, 15) is 5.11 Å². The van der Waals surface area contributed by atoms with Crippen molar-refractivity contribution >= 4 is 5.90 Å². The predicted octanol–water partition coefficient (Wildman–Crippen LogP) is 2.57. The van der Waals surface area contributed by atoms with E-state index in [1.54, 1.807) is 0 Å². The van der Waals surface area contributed by atoms with Crippen molar-refractivity contribution in [3.63, 3.8) is 0 Å². The quantitative estimate of drug-likeness (QED) is 0.913. The zero-order chi connectivity index (χ0) is 13.1. The highest BCUT2D eigenvalue weighted by atomic mass is 16.5. The first-order valence-electron chi connectivity index (χ1n) is 6.33. The molecule has 0 bridgehead atoms. The van der Waals surface area contributed by atoms with Gasteiger partial charge in [0.1, 0.15) is 18.8 Å². The van der Waals surface area contributed by atoms with E-state index in [1.807, 2.05) is 60.7 Å². The molecule has 0 radical (unpaired) electrons. The number of aliphatic imine (C=N–C) groups is 1. The zero-order valence-corrected chi connectivity index (χ0v) is 10.4. The summed E-state index contributed by atoms with van der Waals surface area (Å²) in [5.74, 6) is 0.612. The molecule has 2 atom stereocenters. The molecule has 0 saturated heterocycles. The van der Waals surface area contributed by atoms with Gasteiger partial charge < -0.3 is 9.84 Å². The lowest BCUT2D eigenvalue weighted by molar-refractivity contribution is 0.130. The minimum absolute atomic E-state index is 0.238. The van der Waals surface area contributed by atoms with Gasteiger partial charge in [0.25, 0.3) is 0 Å². The van der Waals surface area contributed by atoms with Gasteiger partial charge in [0.2, 0.25) is 5.90 Å². The summed E-state index contributed by atoms with van der Waals surface area (Å²) in [7, 11) is 0. The van der Waals surface area contributed by atoms with E-state index in [-0.39, 0.29) is 6.04 Å². The second-order valence-electron chi connectivity index (χ2n) is 4.53. The third kappa shape index (κ3) is 2.51. The molecule has 2 aromatic rings. The SMILES string of the molecule is O[C@@H](c1ccccc1)[C@H]1COC(c2ccccc2)=N1. The number of aliphatic hydroxyl groups excluding tert-OH is 1. The summed E-state index contributed by atoms with van der Waals surface area (Å²) in [5.41, 5.74) is 1.82. The topological polar surface area (TPSA) is 41.8 Å². The lowest BCUT2D eigenvalue weighted by Crippen LogP contribution is -2.17. The molecule has 1 heterocycles. The molecule has 0 aromatic heterocycles. The minimum atomic E-state index is -0.623. The Balaban J connectivity index is 1.80. The molecule has 1 aliphatic rings. The summed E-state index contributed by atoms with van der Waals surface area (Å²) in [6.45, 7) is 0.417. The summed E-state index contributed by atoms with van der Waals surface area (Å²) in [6.07, 6.45) is -0.623. The molecule has 96 valence electrons. The Bertz CT molecular complexity index is 566. The van der Waals surface area contributed by atoms with Crippen molar-refractivity contribution in [3.8, 4) is 0 Å². The van der Waals surface area contributed by atoms with Gasteiger partial charge >= 0.3 is 0 Å². The number of hydrogen-bond acceptors (Lipinski definition) is 3. The summed E-state index contributed by atoms with van der Waals surface area (Å²) in [4.78, 5) is 4.48. The van der Waals surface area contributed by atoms with Crippen molar-refractivity contribution in [2.24, 2.45) is 4.99 Å². The first-order chi connectivity index (χ1) is 9.34. The highest BCUT2D eigenvalue weighted by Gasteiger charge is 2.27. The second kappa shape index (κ2) is 5.24. The number of aliphatic hydroxyl groups is 1. The minimum Gasteiger partial charge on any atom is -0.475 e. The van der Waals surface area contributed by atoms with Gasteiger partial charge in [-0.15, -0.1) is 0 Å². The number of ether oxygens (including phenoxy) is 1. The fourth-order valence-electron chi connectivity index (χ4n) is 2.16. The van der Waals surface area contributed by atoms with Gasteiger partial charge in [-0.25, -0.2) is 4.99 Å². The molecule has 1 aliphatic heterocycles. The average Bonchev–Trinajstić information content (AvgIpc) is 2.98. The van der Waals surface area contributed by atoms with Gasteiger partial charge in [0, 0.05) is 5.56 Å². The molecule has 0 spiro atoms. The van der Waals surface area contributed by atoms with Crippen LogP contribution in [-0.2, 0) is 4.74 Å². The summed E-state index contributed by atoms with van der Waals surface area (Å²) >= 11 is 0. The number of rotatable bonds is 3. The van der Waals surface area contributed by atoms with Crippen molar-refractivity contribution in [2.75, 3.05) is 6.61 Å². The van der Waals surface area contributed by atoms with E-state index in [2.05, 4.69) is 4.99 Å². The van der Waals surface area contributed by atoms with Gasteiger partial charge in [0.05, 0.1) is 0 Å². The third-order valence-electron chi connectivity index (χ3n) is 3.20. The van der Waals surface area contributed by atoms with Crippen molar-refractivity contribution in [3.05, 3.63) is 71.8 Å². The monoisotopic (exact) mass is 253 g/mol. The Labute approximate surface area is 112 Å². The van der Waals surface area contributed by atoms with Crippen LogP contribution in [0.5, 0.6) is 0 Å². The molecule has 0 saturated carbocycles. The van der Waals surface area contributed by atoms with E-state index in [1.165, 1.54) is 0 Å². The van der Waals surface area contributed by atoms with Crippen LogP contribution in [0.25, 0.3) is 0 Å². The number of hydrogen-bond donors (Lipinski definition) is 1. The van der Waals surface area contributed by atoms with Crippen molar-refractivity contribution in [2.45, 2.75) is 12.1 Å². The van der Waals surface area contributed by atoms with E-state index < -0.39 is 6.10 Å². The maximum atomic E-state index is 10.3. The van der Waals surface area contributed by atoms with Gasteiger partial charge in [-0.2, -0.15) is 0 Å². The molecule has 1 N–H and O–H groups in total. The van der Waals surface area contributed by atoms with Crippen LogP contribution >= 0.6 is 0 Å². The van der Waals surface area contributed by atoms with Crippen LogP contribution in [0, 0.1) is 0 Å². The second-order valence-corrected chi connectivity index (χ2v) is 4.53. The van der Waals surface area contributed by atoms with E-state index >= 15 is 0 Å². The fraction of sp³-hybridized carbons (Fsp3) is 0.188. The van der Waals surface area contributed by atoms with Crippen molar-refractivity contribution in [1.29, 1.82) is 0 Å². The normalized spacial score (nSPS) is 19.6. The number of benzene rings is 2. The smallest absolute Gasteiger partial charge is 0.216 e. The zero-order valence-electron chi connectivity index (χ0n) is 10.4. The Hall–Kier alpha value is -2.13. The van der Waals surface area contributed by atoms with Crippen LogP contribution in [-0.4, -0.2) is 23.7 Å². The molecular formula is C16H15NO2. The molecule has 0 unspecified atom stereocenters. The Morgan fingerprint density at radius 3 is 2.32 bits per heavy atom. The molecule has 2 aromatic carbocycles. The summed E-state index contributed by atoms with van der Waals surface area (Å²) < 4.78 is 5.58. The van der Waals surface area contributed by atoms with Crippen LogP contribution in [0.15, 0.2) is 65.7 Å². The Morgan fingerprint density at radius 1 is 1.00 bits per heavy atom. The third-order valence-corrected chi connectivity index (χ3v) is 3.20. The first-order valence-corrected chi connectivity index (χ1v) is 6.33. The van der Waals surface area contributed by atoms with Gasteiger partial charge in [-0.3, -0.25) is 0 Å². The summed E-state index contributed by atoms with van der Waals surface area (Å²) in [6, 6.07) is 19.1. The molecule has 0 amide bonds. The molecule has 3 rings (SSSR count). The van der Waals surface area contributed by atoms with Crippen molar-refractivity contribution < 1.29 is 9.84 Å². The lowest BCUT2D eigenvalue weighted by Gasteiger charge is -2.13. The van der Waals surface area contributed by atoms with Crippen LogP contribution in [0.2, 0.25) is 0 Å². The summed E-state index contributed by atoms with van der Waals surface area (Å²) in [5, 5.41) is 10.3. The van der Waals surface area contributed by atoms with E-state index in [0.717, 1.165) is 11.1 Å². The maximum absolute atomic E-state index is 10.3. The van der Waals surface area contributed by atoms with Crippen molar-refractivity contribution in [1.82, 2.24) is 0 Å². The lowest BCUT2D eigenvalue weighted by atomic mass is 10.0. The molecule has 0 fully saturated rings. The predicted molar refractivity (Wildman–Crippen MR) is 74.1 cm³/mol. The number of nitrogens with zero attached hydrogens (tertiary/aromatic N) is 1. The van der Waals surface area contributed by atoms with Crippen LogP contribution < -0.4 is 0 Å². The highest BCUT2D eigenvalue weighted by molar-refractivity contribution is 5.95. The van der Waals surface area contributed by atoms with Gasteiger partial charge in [-0.1, -0.05) is 48.5 Å². The molecule has 19 heavy (non-hydrogen) atoms. The van der Waals surface area contributed by atoms with Crippen LogP contribution in [0.4, 0.5) is 0 Å². The fourth-order valence-corrected chi connectivity index (χ4v) is 2.16. The maximum Gasteiger partial charge on any atom is 0.216 e. The molecule has 3 nitrogen and oxygen atoms in total. The largest absolute Gasteiger partial charge is 0.475 e. The van der Waals surface area contributed by atoms with Gasteiger partial charge in [0.15, 0.2) is 0 Å². The highest BCUT2D eigenvalue weighted by Crippen LogP contribution is 2.24. The molecular weight excluding hydrogens is 238 g/mol. The Kier molecular flexibility index (Phi) is 3.29. The first kappa shape index (κ1) is 11.9. The van der Waals surface area contributed by atoms with Gasteiger partial charge in [-0.05, 0) is 17.7 Å². The average molecular weight is 253 g/mol. The van der Waals surface area contributed by atoms with Crippen LogP contribution in [0.3, 0.4) is 0 Å². The molecule has 0 aliphatic carbocycles.